The fraction of sp³-hybridized carbons (Fsp3) is 0.143. The highest BCUT2D eigenvalue weighted by atomic mass is 19.1. The van der Waals surface area contributed by atoms with Crippen LogP contribution in [0.4, 0.5) is 4.39 Å². The third kappa shape index (κ3) is 3.82. The van der Waals surface area contributed by atoms with Gasteiger partial charge in [0.25, 0.3) is 0 Å². The van der Waals surface area contributed by atoms with E-state index in [0.29, 0.717) is 0 Å². The van der Waals surface area contributed by atoms with Gasteiger partial charge in [0.15, 0.2) is 0 Å². The SMILES string of the molecule is Fc1ccc(CCCc2ccc(-c3ccccc3)cc2)cc1. The van der Waals surface area contributed by atoms with Gasteiger partial charge in [0.2, 0.25) is 0 Å². The topological polar surface area (TPSA) is 0 Å². The zero-order valence-electron chi connectivity index (χ0n) is 12.5. The average Bonchev–Trinajstić information content (AvgIpc) is 2.58. The highest BCUT2D eigenvalue weighted by Gasteiger charge is 1.99. The van der Waals surface area contributed by atoms with Crippen molar-refractivity contribution in [3.05, 3.63) is 95.8 Å². The quantitative estimate of drug-likeness (QED) is 0.568. The van der Waals surface area contributed by atoms with Gasteiger partial charge >= 0.3 is 0 Å². The van der Waals surface area contributed by atoms with E-state index in [1.807, 2.05) is 18.2 Å². The highest BCUT2D eigenvalue weighted by Crippen LogP contribution is 2.20. The van der Waals surface area contributed by atoms with E-state index in [1.54, 1.807) is 0 Å². The zero-order chi connectivity index (χ0) is 15.2. The molecule has 0 heterocycles. The third-order valence-electron chi connectivity index (χ3n) is 3.91. The van der Waals surface area contributed by atoms with E-state index in [4.69, 9.17) is 0 Å². The Balaban J connectivity index is 1.56. The van der Waals surface area contributed by atoms with Gasteiger partial charge in [0.1, 0.15) is 5.82 Å². The molecule has 0 aliphatic rings. The molecule has 0 saturated carbocycles. The third-order valence-corrected chi connectivity index (χ3v) is 3.91. The van der Waals surface area contributed by atoms with Crippen molar-refractivity contribution in [3.63, 3.8) is 0 Å². The smallest absolute Gasteiger partial charge is 0.123 e. The molecule has 0 radical (unpaired) electrons. The maximum absolute atomic E-state index is 12.9. The summed E-state index contributed by atoms with van der Waals surface area (Å²) in [5, 5.41) is 0. The molecule has 0 atom stereocenters. The summed E-state index contributed by atoms with van der Waals surface area (Å²) in [6.45, 7) is 0. The van der Waals surface area contributed by atoms with Gasteiger partial charge in [-0.15, -0.1) is 0 Å². The van der Waals surface area contributed by atoms with E-state index < -0.39 is 0 Å². The van der Waals surface area contributed by atoms with Gasteiger partial charge in [-0.2, -0.15) is 0 Å². The van der Waals surface area contributed by atoms with Crippen LogP contribution >= 0.6 is 0 Å². The van der Waals surface area contributed by atoms with Gasteiger partial charge in [0, 0.05) is 0 Å². The minimum absolute atomic E-state index is 0.166. The van der Waals surface area contributed by atoms with Crippen LogP contribution in [-0.2, 0) is 12.8 Å². The van der Waals surface area contributed by atoms with Gasteiger partial charge in [-0.25, -0.2) is 4.39 Å². The molecule has 0 unspecified atom stereocenters. The summed E-state index contributed by atoms with van der Waals surface area (Å²) in [5.41, 5.74) is 5.05. The molecule has 0 aliphatic carbocycles. The highest BCUT2D eigenvalue weighted by molar-refractivity contribution is 5.63. The second-order valence-electron chi connectivity index (χ2n) is 5.54. The predicted molar refractivity (Wildman–Crippen MR) is 90.3 cm³/mol. The fourth-order valence-corrected chi connectivity index (χ4v) is 2.64. The Morgan fingerprint density at radius 1 is 0.545 bits per heavy atom. The van der Waals surface area contributed by atoms with Crippen LogP contribution in [0.3, 0.4) is 0 Å². The largest absolute Gasteiger partial charge is 0.207 e. The molecular weight excluding hydrogens is 271 g/mol. The van der Waals surface area contributed by atoms with Gasteiger partial charge < -0.3 is 0 Å². The van der Waals surface area contributed by atoms with Crippen molar-refractivity contribution in [2.24, 2.45) is 0 Å². The number of benzene rings is 3. The van der Waals surface area contributed by atoms with Crippen LogP contribution in [0.1, 0.15) is 17.5 Å². The van der Waals surface area contributed by atoms with Crippen LogP contribution in [0.25, 0.3) is 11.1 Å². The second-order valence-corrected chi connectivity index (χ2v) is 5.54. The Bertz CT molecular complexity index is 697. The molecule has 110 valence electrons. The zero-order valence-corrected chi connectivity index (χ0v) is 12.5. The van der Waals surface area contributed by atoms with Crippen LogP contribution in [0.2, 0.25) is 0 Å². The van der Waals surface area contributed by atoms with E-state index in [1.165, 1.54) is 34.4 Å². The molecule has 0 aliphatic heterocycles. The summed E-state index contributed by atoms with van der Waals surface area (Å²) in [4.78, 5) is 0. The number of halogens is 1. The van der Waals surface area contributed by atoms with E-state index in [9.17, 15) is 4.39 Å². The number of hydrogen-bond donors (Lipinski definition) is 0. The molecule has 0 fully saturated rings. The Hall–Kier alpha value is -2.41. The van der Waals surface area contributed by atoms with Crippen LogP contribution in [-0.4, -0.2) is 0 Å². The first-order valence-electron chi connectivity index (χ1n) is 7.70. The Morgan fingerprint density at radius 3 is 1.64 bits per heavy atom. The Labute approximate surface area is 131 Å². The lowest BCUT2D eigenvalue weighted by Gasteiger charge is -2.05. The lowest BCUT2D eigenvalue weighted by molar-refractivity contribution is 0.626. The number of rotatable bonds is 5. The monoisotopic (exact) mass is 290 g/mol. The van der Waals surface area contributed by atoms with E-state index in [-0.39, 0.29) is 5.82 Å². The maximum atomic E-state index is 12.9. The predicted octanol–water partition coefficient (Wildman–Crippen LogP) is 5.67. The molecule has 1 heteroatoms. The van der Waals surface area contributed by atoms with Gasteiger partial charge in [-0.3, -0.25) is 0 Å². The molecule has 3 aromatic rings. The van der Waals surface area contributed by atoms with Crippen molar-refractivity contribution in [2.75, 3.05) is 0 Å². The minimum Gasteiger partial charge on any atom is -0.207 e. The van der Waals surface area contributed by atoms with Crippen LogP contribution in [0.5, 0.6) is 0 Å². The van der Waals surface area contributed by atoms with Crippen molar-refractivity contribution in [3.8, 4) is 11.1 Å². The Morgan fingerprint density at radius 2 is 1.05 bits per heavy atom. The molecule has 3 aromatic carbocycles. The summed E-state index contributed by atoms with van der Waals surface area (Å²) in [6, 6.07) is 26.0. The molecule has 0 N–H and O–H groups in total. The molecule has 0 saturated heterocycles. The first-order valence-corrected chi connectivity index (χ1v) is 7.70. The van der Waals surface area contributed by atoms with Crippen molar-refractivity contribution < 1.29 is 4.39 Å². The first-order chi connectivity index (χ1) is 10.8. The van der Waals surface area contributed by atoms with Gasteiger partial charge in [-0.1, -0.05) is 66.7 Å². The lowest BCUT2D eigenvalue weighted by atomic mass is 10.0. The minimum atomic E-state index is -0.166. The van der Waals surface area contributed by atoms with Crippen molar-refractivity contribution in [1.82, 2.24) is 0 Å². The standard InChI is InChI=1S/C21H19F/c22-21-15-11-18(12-16-21)6-4-5-17-9-13-20(14-10-17)19-7-2-1-3-8-19/h1-3,7-16H,4-6H2. The van der Waals surface area contributed by atoms with Crippen LogP contribution in [0, 0.1) is 5.82 Å². The van der Waals surface area contributed by atoms with Gasteiger partial charge in [-0.05, 0) is 53.6 Å². The normalized spacial score (nSPS) is 10.6. The van der Waals surface area contributed by atoms with Crippen molar-refractivity contribution in [2.45, 2.75) is 19.3 Å². The molecule has 0 amide bonds. The molecule has 3 rings (SSSR count). The van der Waals surface area contributed by atoms with Gasteiger partial charge in [0.05, 0.1) is 0 Å². The Kier molecular flexibility index (Phi) is 4.65. The summed E-state index contributed by atoms with van der Waals surface area (Å²) in [5.74, 6) is -0.166. The second kappa shape index (κ2) is 7.04. The summed E-state index contributed by atoms with van der Waals surface area (Å²) in [6.07, 6.45) is 3.11. The summed E-state index contributed by atoms with van der Waals surface area (Å²) < 4.78 is 12.9. The van der Waals surface area contributed by atoms with Crippen LogP contribution in [0.15, 0.2) is 78.9 Å². The number of hydrogen-bond acceptors (Lipinski definition) is 0. The molecule has 22 heavy (non-hydrogen) atoms. The number of aryl methyl sites for hydroxylation is 2. The fourth-order valence-electron chi connectivity index (χ4n) is 2.64. The molecule has 0 spiro atoms. The maximum Gasteiger partial charge on any atom is 0.123 e. The molecule has 0 nitrogen and oxygen atoms in total. The lowest BCUT2D eigenvalue weighted by Crippen LogP contribution is -1.90. The van der Waals surface area contributed by atoms with Crippen molar-refractivity contribution >= 4 is 0 Å². The summed E-state index contributed by atoms with van der Waals surface area (Å²) >= 11 is 0. The van der Waals surface area contributed by atoms with E-state index in [2.05, 4.69) is 48.5 Å². The van der Waals surface area contributed by atoms with E-state index in [0.717, 1.165) is 19.3 Å². The first kappa shape index (κ1) is 14.5. The average molecular weight is 290 g/mol. The summed E-state index contributed by atoms with van der Waals surface area (Å²) in [7, 11) is 0. The van der Waals surface area contributed by atoms with E-state index >= 15 is 0 Å². The molecule has 0 bridgehead atoms. The van der Waals surface area contributed by atoms with Crippen molar-refractivity contribution in [1.29, 1.82) is 0 Å². The van der Waals surface area contributed by atoms with Crippen LogP contribution < -0.4 is 0 Å². The molecular formula is C21H19F. The molecule has 0 aromatic heterocycles.